The number of carbonyl (C=O) groups excluding carboxylic acids is 1. The van der Waals surface area contributed by atoms with E-state index in [0.29, 0.717) is 52.6 Å². The van der Waals surface area contributed by atoms with E-state index in [1.54, 1.807) is 6.07 Å². The molecule has 3 aromatic carbocycles. The fraction of sp³-hybridized carbons (Fsp3) is 0.333. The topological polar surface area (TPSA) is 135 Å². The van der Waals surface area contributed by atoms with Gasteiger partial charge in [0.05, 0.1) is 11.1 Å². The molecule has 0 aromatic heterocycles. The third-order valence-electron chi connectivity index (χ3n) is 7.95. The van der Waals surface area contributed by atoms with Crippen LogP contribution >= 0.6 is 0 Å². The van der Waals surface area contributed by atoms with E-state index in [1.807, 2.05) is 19.9 Å². The number of benzene rings is 3. The van der Waals surface area contributed by atoms with E-state index in [0.717, 1.165) is 30.9 Å². The van der Waals surface area contributed by atoms with Crippen LogP contribution in [0.4, 0.5) is 0 Å². The summed E-state index contributed by atoms with van der Waals surface area (Å²) in [5.74, 6) is -2.86. The first kappa shape index (κ1) is 24.7. The number of unbranched alkanes of at least 4 members (excludes halogenated alkanes) is 2. The first-order chi connectivity index (χ1) is 17.5. The molecule has 0 aliphatic heterocycles. The molecule has 7 nitrogen and oxygen atoms in total. The molecule has 0 saturated heterocycles. The lowest BCUT2D eigenvalue weighted by molar-refractivity contribution is 0.0692. The van der Waals surface area contributed by atoms with Crippen LogP contribution in [0, 0.1) is 0 Å². The Hall–Kier alpha value is -4.00. The Bertz CT molecular complexity index is 1500. The van der Waals surface area contributed by atoms with Crippen LogP contribution in [0.1, 0.15) is 94.1 Å². The number of phenolic OH excluding ortho intramolecular Hbond substituents is 3. The minimum absolute atomic E-state index is 0.0366. The van der Waals surface area contributed by atoms with E-state index in [2.05, 4.69) is 6.92 Å². The van der Waals surface area contributed by atoms with Gasteiger partial charge in [-0.2, -0.15) is 0 Å². The van der Waals surface area contributed by atoms with Crippen LogP contribution in [-0.4, -0.2) is 37.3 Å². The van der Waals surface area contributed by atoms with E-state index < -0.39 is 17.2 Å². The van der Waals surface area contributed by atoms with Crippen LogP contribution < -0.4 is 0 Å². The maximum Gasteiger partial charge on any atom is 0.339 e. The molecular weight excluding hydrogens is 472 g/mol. The predicted octanol–water partition coefficient (Wildman–Crippen LogP) is 5.58. The van der Waals surface area contributed by atoms with Gasteiger partial charge in [0.25, 0.3) is 0 Å². The Kier molecular flexibility index (Phi) is 5.70. The predicted molar refractivity (Wildman–Crippen MR) is 138 cm³/mol. The smallest absolute Gasteiger partial charge is 0.339 e. The second kappa shape index (κ2) is 8.54. The molecule has 2 aliphatic carbocycles. The number of hydrogen-bond donors (Lipinski definition) is 5. The molecule has 0 heterocycles. The summed E-state index contributed by atoms with van der Waals surface area (Å²) in [4.78, 5) is 25.8. The molecule has 0 unspecified atom stereocenters. The van der Waals surface area contributed by atoms with Crippen molar-refractivity contribution in [2.24, 2.45) is 0 Å². The van der Waals surface area contributed by atoms with E-state index in [1.165, 1.54) is 6.07 Å². The van der Waals surface area contributed by atoms with Crippen LogP contribution in [0.3, 0.4) is 0 Å². The summed E-state index contributed by atoms with van der Waals surface area (Å²) in [6.45, 7) is 5.72. The summed E-state index contributed by atoms with van der Waals surface area (Å²) >= 11 is 0. The van der Waals surface area contributed by atoms with E-state index >= 15 is 0 Å². The molecule has 192 valence electrons. The van der Waals surface area contributed by atoms with Crippen molar-refractivity contribution in [2.75, 3.05) is 0 Å². The molecule has 0 radical (unpaired) electrons. The minimum Gasteiger partial charge on any atom is -0.508 e. The molecule has 0 spiro atoms. The monoisotopic (exact) mass is 502 g/mol. The highest BCUT2D eigenvalue weighted by atomic mass is 16.4. The first-order valence-electron chi connectivity index (χ1n) is 12.6. The van der Waals surface area contributed by atoms with Crippen LogP contribution in [0.2, 0.25) is 0 Å². The SMILES string of the molecule is CCCCCc1cc2c(c(O)c1C(=O)O)-c1cc3c(c(O)c1CC2)C(=O)c1c(O)cc(O)cc1C3(C)C. The molecule has 0 saturated carbocycles. The third-order valence-corrected chi connectivity index (χ3v) is 7.95. The zero-order chi connectivity index (χ0) is 26.8. The average molecular weight is 503 g/mol. The number of carbonyl (C=O) groups is 2. The fourth-order valence-corrected chi connectivity index (χ4v) is 6.06. The Morgan fingerprint density at radius 2 is 1.59 bits per heavy atom. The van der Waals surface area contributed by atoms with Crippen molar-refractivity contribution in [3.8, 4) is 34.1 Å². The molecule has 5 N–H and O–H groups in total. The number of aryl methyl sites for hydroxylation is 2. The van der Waals surface area contributed by atoms with Crippen molar-refractivity contribution in [1.82, 2.24) is 0 Å². The number of phenols is 4. The van der Waals surface area contributed by atoms with E-state index in [4.69, 9.17) is 0 Å². The number of aromatic hydroxyl groups is 4. The summed E-state index contributed by atoms with van der Waals surface area (Å²) in [6.07, 6.45) is 4.18. The van der Waals surface area contributed by atoms with Crippen molar-refractivity contribution in [1.29, 1.82) is 0 Å². The van der Waals surface area contributed by atoms with Gasteiger partial charge in [0.15, 0.2) is 0 Å². The van der Waals surface area contributed by atoms with Gasteiger partial charge in [-0.1, -0.05) is 39.7 Å². The van der Waals surface area contributed by atoms with Crippen LogP contribution in [-0.2, 0) is 24.7 Å². The summed E-state index contributed by atoms with van der Waals surface area (Å²) in [7, 11) is 0. The Morgan fingerprint density at radius 1 is 0.892 bits per heavy atom. The Labute approximate surface area is 214 Å². The molecule has 7 heteroatoms. The number of carboxylic acids is 1. The normalized spacial score (nSPS) is 14.9. The van der Waals surface area contributed by atoms with Crippen LogP contribution in [0.25, 0.3) is 11.1 Å². The number of fused-ring (bicyclic) bond motifs is 5. The van der Waals surface area contributed by atoms with Crippen molar-refractivity contribution < 1.29 is 35.1 Å². The minimum atomic E-state index is -1.21. The third kappa shape index (κ3) is 3.56. The van der Waals surface area contributed by atoms with E-state index in [9.17, 15) is 35.1 Å². The van der Waals surface area contributed by atoms with Gasteiger partial charge in [0.2, 0.25) is 5.78 Å². The standard InChI is InChI=1S/C30H30O7/c1-4-5-6-7-14-10-15-8-9-17-18(22(15)27(34)23(14)29(36)37)13-20-25(26(17)33)28(35)24-19(30(20,2)3)11-16(31)12-21(24)32/h10-13,31-34H,4-9H2,1-3H3,(H,36,37). The Morgan fingerprint density at radius 3 is 2.27 bits per heavy atom. The fourth-order valence-electron chi connectivity index (χ4n) is 6.06. The van der Waals surface area contributed by atoms with Gasteiger partial charge < -0.3 is 25.5 Å². The zero-order valence-corrected chi connectivity index (χ0v) is 21.1. The second-order valence-corrected chi connectivity index (χ2v) is 10.6. The summed E-state index contributed by atoms with van der Waals surface area (Å²) in [6, 6.07) is 6.14. The molecule has 0 atom stereocenters. The first-order valence-corrected chi connectivity index (χ1v) is 12.6. The second-order valence-electron chi connectivity index (χ2n) is 10.6. The lowest BCUT2D eigenvalue weighted by Crippen LogP contribution is -2.31. The molecule has 0 amide bonds. The summed E-state index contributed by atoms with van der Waals surface area (Å²) < 4.78 is 0. The number of hydrogen-bond acceptors (Lipinski definition) is 6. The van der Waals surface area contributed by atoms with Crippen LogP contribution in [0.15, 0.2) is 24.3 Å². The number of carboxylic acid groups (broad SMARTS) is 1. The molecule has 2 aliphatic rings. The van der Waals surface area contributed by atoms with Gasteiger partial charge >= 0.3 is 5.97 Å². The lowest BCUT2D eigenvalue weighted by atomic mass is 9.66. The lowest BCUT2D eigenvalue weighted by Gasteiger charge is -2.37. The molecule has 0 bridgehead atoms. The van der Waals surface area contributed by atoms with Gasteiger partial charge in [-0.25, -0.2) is 4.79 Å². The highest BCUT2D eigenvalue weighted by Gasteiger charge is 2.43. The van der Waals surface area contributed by atoms with Gasteiger partial charge in [0.1, 0.15) is 28.6 Å². The van der Waals surface area contributed by atoms with Gasteiger partial charge in [-0.3, -0.25) is 4.79 Å². The highest BCUT2D eigenvalue weighted by Crippen LogP contribution is 2.53. The number of ketones is 1. The van der Waals surface area contributed by atoms with Gasteiger partial charge in [-0.05, 0) is 65.6 Å². The average Bonchev–Trinajstić information content (AvgIpc) is 2.81. The molecule has 0 fully saturated rings. The largest absolute Gasteiger partial charge is 0.508 e. The maximum absolute atomic E-state index is 13.5. The molecule has 37 heavy (non-hydrogen) atoms. The van der Waals surface area contributed by atoms with Crippen LogP contribution in [0.5, 0.6) is 23.0 Å². The Balaban J connectivity index is 1.77. The molecule has 3 aromatic rings. The van der Waals surface area contributed by atoms with Crippen molar-refractivity contribution in [3.63, 3.8) is 0 Å². The van der Waals surface area contributed by atoms with Crippen molar-refractivity contribution >= 4 is 11.8 Å². The number of aromatic carboxylic acids is 1. The zero-order valence-electron chi connectivity index (χ0n) is 21.1. The number of rotatable bonds is 5. The molecule has 5 rings (SSSR count). The van der Waals surface area contributed by atoms with Gasteiger partial charge in [0, 0.05) is 22.6 Å². The highest BCUT2D eigenvalue weighted by molar-refractivity contribution is 6.17. The molecular formula is C30H30O7. The quantitative estimate of drug-likeness (QED) is 0.288. The summed E-state index contributed by atoms with van der Waals surface area (Å²) in [5, 5.41) is 53.3. The maximum atomic E-state index is 13.5. The van der Waals surface area contributed by atoms with Gasteiger partial charge in [-0.15, -0.1) is 0 Å². The van der Waals surface area contributed by atoms with Crippen molar-refractivity contribution in [2.45, 2.75) is 64.7 Å². The van der Waals surface area contributed by atoms with Crippen molar-refractivity contribution in [3.05, 3.63) is 68.8 Å². The summed E-state index contributed by atoms with van der Waals surface area (Å²) in [5.41, 5.74) is 2.69. The van der Waals surface area contributed by atoms with E-state index in [-0.39, 0.29) is 39.7 Å².